The van der Waals surface area contributed by atoms with Gasteiger partial charge in [-0.3, -0.25) is 4.79 Å². The van der Waals surface area contributed by atoms with Crippen LogP contribution in [0.3, 0.4) is 0 Å². The zero-order chi connectivity index (χ0) is 16.6. The standard InChI is InChI=1S/C14H17F4NO3/c1-21-12-4-2-10(8-11(12)15)3-5-13(20)19-6-7-22-9-14(16,17)18/h2,4,8H,3,5-7,9H2,1H3,(H,19,20). The lowest BCUT2D eigenvalue weighted by molar-refractivity contribution is -0.173. The minimum atomic E-state index is -4.37. The van der Waals surface area contributed by atoms with Crippen molar-refractivity contribution < 1.29 is 31.8 Å². The molecule has 1 aromatic rings. The van der Waals surface area contributed by atoms with Gasteiger partial charge in [-0.2, -0.15) is 13.2 Å². The average molecular weight is 323 g/mol. The van der Waals surface area contributed by atoms with Crippen LogP contribution in [-0.4, -0.2) is 39.0 Å². The van der Waals surface area contributed by atoms with Crippen LogP contribution >= 0.6 is 0 Å². The van der Waals surface area contributed by atoms with Crippen LogP contribution in [0, 0.1) is 5.82 Å². The molecule has 22 heavy (non-hydrogen) atoms. The lowest BCUT2D eigenvalue weighted by Gasteiger charge is -2.09. The Kier molecular flexibility index (Phi) is 7.10. The van der Waals surface area contributed by atoms with Crippen LogP contribution in [0.4, 0.5) is 17.6 Å². The SMILES string of the molecule is COc1ccc(CCC(=O)NCCOCC(F)(F)F)cc1F. The number of nitrogens with one attached hydrogen (secondary N) is 1. The molecule has 0 fully saturated rings. The Morgan fingerprint density at radius 1 is 1.32 bits per heavy atom. The molecule has 0 bridgehead atoms. The fourth-order valence-corrected chi connectivity index (χ4v) is 1.66. The number of alkyl halides is 3. The second-order valence-corrected chi connectivity index (χ2v) is 4.49. The average Bonchev–Trinajstić information content (AvgIpc) is 2.43. The molecule has 0 saturated carbocycles. The van der Waals surface area contributed by atoms with E-state index in [4.69, 9.17) is 4.74 Å². The van der Waals surface area contributed by atoms with Crippen LogP contribution in [0.2, 0.25) is 0 Å². The highest BCUT2D eigenvalue weighted by atomic mass is 19.4. The molecule has 0 aliphatic heterocycles. The van der Waals surface area contributed by atoms with E-state index in [9.17, 15) is 22.4 Å². The Hall–Kier alpha value is -1.83. The fourth-order valence-electron chi connectivity index (χ4n) is 1.66. The fraction of sp³-hybridized carbons (Fsp3) is 0.500. The van der Waals surface area contributed by atoms with E-state index in [0.717, 1.165) is 0 Å². The lowest BCUT2D eigenvalue weighted by atomic mass is 10.1. The molecule has 1 N–H and O–H groups in total. The zero-order valence-corrected chi connectivity index (χ0v) is 12.0. The molecule has 0 radical (unpaired) electrons. The molecule has 0 aliphatic rings. The highest BCUT2D eigenvalue weighted by molar-refractivity contribution is 5.76. The summed E-state index contributed by atoms with van der Waals surface area (Å²) < 4.78 is 57.9. The van der Waals surface area contributed by atoms with Crippen molar-refractivity contribution in [2.45, 2.75) is 19.0 Å². The smallest absolute Gasteiger partial charge is 0.411 e. The summed E-state index contributed by atoms with van der Waals surface area (Å²) in [4.78, 5) is 11.5. The summed E-state index contributed by atoms with van der Waals surface area (Å²) in [7, 11) is 1.35. The first-order valence-electron chi connectivity index (χ1n) is 6.55. The van der Waals surface area contributed by atoms with Crippen molar-refractivity contribution in [3.8, 4) is 5.75 Å². The molecule has 0 saturated heterocycles. The molecule has 4 nitrogen and oxygen atoms in total. The van der Waals surface area contributed by atoms with E-state index < -0.39 is 18.6 Å². The van der Waals surface area contributed by atoms with Gasteiger partial charge < -0.3 is 14.8 Å². The maximum absolute atomic E-state index is 13.4. The van der Waals surface area contributed by atoms with Gasteiger partial charge in [0.2, 0.25) is 5.91 Å². The van der Waals surface area contributed by atoms with Crippen LogP contribution in [0.15, 0.2) is 18.2 Å². The van der Waals surface area contributed by atoms with E-state index in [1.807, 2.05) is 0 Å². The Labute approximate surface area is 125 Å². The molecule has 124 valence electrons. The molecule has 1 aromatic carbocycles. The summed E-state index contributed by atoms with van der Waals surface area (Å²) in [6.45, 7) is -1.57. The van der Waals surface area contributed by atoms with Gasteiger partial charge in [-0.1, -0.05) is 6.07 Å². The lowest BCUT2D eigenvalue weighted by Crippen LogP contribution is -2.29. The second kappa shape index (κ2) is 8.57. The van der Waals surface area contributed by atoms with Crippen molar-refractivity contribution >= 4 is 5.91 Å². The van der Waals surface area contributed by atoms with Gasteiger partial charge in [0.25, 0.3) is 0 Å². The van der Waals surface area contributed by atoms with Gasteiger partial charge in [0.05, 0.1) is 13.7 Å². The number of benzene rings is 1. The van der Waals surface area contributed by atoms with E-state index in [0.29, 0.717) is 12.0 Å². The number of rotatable bonds is 8. The molecule has 0 atom stereocenters. The van der Waals surface area contributed by atoms with Crippen LogP contribution < -0.4 is 10.1 Å². The molecule has 0 spiro atoms. The van der Waals surface area contributed by atoms with Crippen LogP contribution in [0.1, 0.15) is 12.0 Å². The maximum Gasteiger partial charge on any atom is 0.411 e. The summed E-state index contributed by atoms with van der Waals surface area (Å²) in [5.74, 6) is -0.734. The number of aryl methyl sites for hydroxylation is 1. The summed E-state index contributed by atoms with van der Waals surface area (Å²) in [6.07, 6.45) is -3.95. The Balaban J connectivity index is 2.22. The van der Waals surface area contributed by atoms with Crippen LogP contribution in [0.25, 0.3) is 0 Å². The number of ether oxygens (including phenoxy) is 2. The Bertz CT molecular complexity index is 491. The monoisotopic (exact) mass is 323 g/mol. The van der Waals surface area contributed by atoms with Gasteiger partial charge in [0, 0.05) is 13.0 Å². The number of carbonyl (C=O) groups excluding carboxylic acids is 1. The second-order valence-electron chi connectivity index (χ2n) is 4.49. The van der Waals surface area contributed by atoms with E-state index >= 15 is 0 Å². The molecular formula is C14H17F4NO3. The van der Waals surface area contributed by atoms with Gasteiger partial charge in [0.1, 0.15) is 6.61 Å². The van der Waals surface area contributed by atoms with Gasteiger partial charge in [0.15, 0.2) is 11.6 Å². The minimum Gasteiger partial charge on any atom is -0.494 e. The first kappa shape index (κ1) is 18.2. The number of hydrogen-bond acceptors (Lipinski definition) is 3. The van der Waals surface area contributed by atoms with E-state index in [1.54, 1.807) is 6.07 Å². The summed E-state index contributed by atoms with van der Waals surface area (Å²) in [6, 6.07) is 4.38. The quantitative estimate of drug-likeness (QED) is 0.590. The third-order valence-electron chi connectivity index (χ3n) is 2.69. The number of carbonyl (C=O) groups is 1. The van der Waals surface area contributed by atoms with Gasteiger partial charge in [-0.25, -0.2) is 4.39 Å². The highest BCUT2D eigenvalue weighted by Crippen LogP contribution is 2.18. The first-order valence-corrected chi connectivity index (χ1v) is 6.55. The number of amides is 1. The van der Waals surface area contributed by atoms with Crippen LogP contribution in [0.5, 0.6) is 5.75 Å². The molecule has 0 aromatic heterocycles. The van der Waals surface area contributed by atoms with Crippen molar-refractivity contribution in [1.29, 1.82) is 0 Å². The molecule has 0 unspecified atom stereocenters. The largest absolute Gasteiger partial charge is 0.494 e. The minimum absolute atomic E-state index is 0.00805. The number of halogens is 4. The van der Waals surface area contributed by atoms with E-state index in [2.05, 4.69) is 10.1 Å². The van der Waals surface area contributed by atoms with Crippen molar-refractivity contribution in [3.63, 3.8) is 0 Å². The van der Waals surface area contributed by atoms with E-state index in [1.165, 1.54) is 19.2 Å². The predicted octanol–water partition coefficient (Wildman–Crippen LogP) is 2.46. The predicted molar refractivity (Wildman–Crippen MR) is 71.2 cm³/mol. The Morgan fingerprint density at radius 2 is 2.05 bits per heavy atom. The normalized spacial score (nSPS) is 11.3. The van der Waals surface area contributed by atoms with Crippen LogP contribution in [-0.2, 0) is 16.0 Å². The molecule has 8 heteroatoms. The van der Waals surface area contributed by atoms with Crippen molar-refractivity contribution in [3.05, 3.63) is 29.6 Å². The van der Waals surface area contributed by atoms with Crippen molar-refractivity contribution in [1.82, 2.24) is 5.32 Å². The zero-order valence-electron chi connectivity index (χ0n) is 12.0. The number of methoxy groups -OCH3 is 1. The third kappa shape index (κ3) is 7.26. The third-order valence-corrected chi connectivity index (χ3v) is 2.69. The summed E-state index contributed by atoms with van der Waals surface area (Å²) in [5, 5.41) is 2.43. The number of hydrogen-bond donors (Lipinski definition) is 1. The summed E-state index contributed by atoms with van der Waals surface area (Å²) >= 11 is 0. The van der Waals surface area contributed by atoms with E-state index in [-0.39, 0.29) is 31.2 Å². The van der Waals surface area contributed by atoms with Gasteiger partial charge >= 0.3 is 6.18 Å². The Morgan fingerprint density at radius 3 is 2.64 bits per heavy atom. The molecule has 0 aliphatic carbocycles. The van der Waals surface area contributed by atoms with Crippen molar-refractivity contribution in [2.24, 2.45) is 0 Å². The molecule has 0 heterocycles. The van der Waals surface area contributed by atoms with Crippen molar-refractivity contribution in [2.75, 3.05) is 26.9 Å². The van der Waals surface area contributed by atoms with Gasteiger partial charge in [-0.05, 0) is 24.1 Å². The highest BCUT2D eigenvalue weighted by Gasteiger charge is 2.27. The molecular weight excluding hydrogens is 306 g/mol. The maximum atomic E-state index is 13.4. The van der Waals surface area contributed by atoms with Gasteiger partial charge in [-0.15, -0.1) is 0 Å². The molecule has 1 rings (SSSR count). The first-order chi connectivity index (χ1) is 10.3. The summed E-state index contributed by atoms with van der Waals surface area (Å²) in [5.41, 5.74) is 0.627. The topological polar surface area (TPSA) is 47.6 Å². The molecule has 1 amide bonds.